The van der Waals surface area contributed by atoms with Gasteiger partial charge in [-0.1, -0.05) is 18.2 Å². The number of rotatable bonds is 3. The first-order valence-corrected chi connectivity index (χ1v) is 6.80. The zero-order valence-corrected chi connectivity index (χ0v) is 9.55. The van der Waals surface area contributed by atoms with Crippen LogP contribution in [-0.2, 0) is 20.0 Å². The summed E-state index contributed by atoms with van der Waals surface area (Å²) in [6.45, 7) is 0. The highest BCUT2D eigenvalue weighted by Crippen LogP contribution is 2.32. The number of benzene rings is 1. The van der Waals surface area contributed by atoms with Gasteiger partial charge in [0.25, 0.3) is 0 Å². The molecule has 10 heteroatoms. The first kappa shape index (κ1) is 13.9. The second-order valence-electron chi connectivity index (χ2n) is 2.78. The van der Waals surface area contributed by atoms with Gasteiger partial charge in [0, 0.05) is 4.90 Å². The van der Waals surface area contributed by atoms with Gasteiger partial charge in [-0.15, -0.1) is 0 Å². The molecule has 1 rings (SSSR count). The molecule has 0 heterocycles. The van der Waals surface area contributed by atoms with E-state index in [2.05, 4.69) is 0 Å². The van der Waals surface area contributed by atoms with Crippen LogP contribution in [0, 0.1) is 0 Å². The molecule has 0 atom stereocenters. The number of halogens is 3. The van der Waals surface area contributed by atoms with E-state index >= 15 is 0 Å². The normalized spacial score (nSPS) is 13.6. The molecular weight excluding hydrogens is 283 g/mol. The average Bonchev–Trinajstić information content (AvgIpc) is 2.15. The first-order valence-electron chi connectivity index (χ1n) is 3.92. The molecule has 0 unspecified atom stereocenters. The number of hydrogen-bond acceptors (Lipinski definition) is 4. The summed E-state index contributed by atoms with van der Waals surface area (Å²) in [4.78, 5) is -0.632. The van der Waals surface area contributed by atoms with Crippen molar-refractivity contribution in [3.63, 3.8) is 0 Å². The van der Waals surface area contributed by atoms with Gasteiger partial charge in [0.15, 0.2) is 10.0 Å². The zero-order chi connectivity index (χ0) is 13.3. The fraction of sp³-hybridized carbons (Fsp3) is 0.143. The lowest BCUT2D eigenvalue weighted by atomic mass is 10.4. The van der Waals surface area contributed by atoms with Gasteiger partial charge >= 0.3 is 5.51 Å². The van der Waals surface area contributed by atoms with Crippen molar-refractivity contribution in [3.05, 3.63) is 34.5 Å². The topological polar surface area (TPSA) is 82.4 Å². The molecule has 0 saturated carbocycles. The van der Waals surface area contributed by atoms with Crippen LogP contribution in [0.15, 0.2) is 35.2 Å². The van der Waals surface area contributed by atoms with Crippen molar-refractivity contribution >= 4 is 20.0 Å². The van der Waals surface area contributed by atoms with Crippen molar-refractivity contribution < 1.29 is 30.0 Å². The van der Waals surface area contributed by atoms with Crippen LogP contribution in [0.2, 0.25) is 0 Å². The van der Waals surface area contributed by atoms with Crippen LogP contribution in [0.25, 0.3) is 4.13 Å². The summed E-state index contributed by atoms with van der Waals surface area (Å²) < 4.78 is 81.3. The summed E-state index contributed by atoms with van der Waals surface area (Å²) >= 11 is 0. The largest absolute Gasteiger partial charge is 0.480 e. The molecule has 0 aliphatic heterocycles. The standard InChI is InChI=1S/C7H5F3NO4S2/c8-7(9,10)17(14,15)11-16(12,13)6-4-2-1-3-5-6/h1-5H/q-1. The Morgan fingerprint density at radius 3 is 1.82 bits per heavy atom. The van der Waals surface area contributed by atoms with Crippen LogP contribution in [-0.4, -0.2) is 22.3 Å². The van der Waals surface area contributed by atoms with E-state index in [0.29, 0.717) is 0 Å². The molecule has 0 aromatic heterocycles. The monoisotopic (exact) mass is 288 g/mol. The molecule has 0 saturated heterocycles. The molecule has 0 bridgehead atoms. The number of nitrogens with zero attached hydrogens (tertiary/aromatic N) is 1. The Hall–Kier alpha value is -1.13. The van der Waals surface area contributed by atoms with E-state index in [-0.39, 0.29) is 0 Å². The van der Waals surface area contributed by atoms with Crippen LogP contribution in [0.1, 0.15) is 0 Å². The van der Waals surface area contributed by atoms with Crippen LogP contribution >= 0.6 is 0 Å². The Labute approximate surface area is 95.4 Å². The number of sulfonamides is 2. The summed E-state index contributed by atoms with van der Waals surface area (Å²) in [5.41, 5.74) is -5.74. The predicted octanol–water partition coefficient (Wildman–Crippen LogP) is 1.60. The van der Waals surface area contributed by atoms with E-state index in [4.69, 9.17) is 0 Å². The van der Waals surface area contributed by atoms with Crippen molar-refractivity contribution in [1.82, 2.24) is 0 Å². The molecule has 17 heavy (non-hydrogen) atoms. The molecule has 0 fully saturated rings. The lowest BCUT2D eigenvalue weighted by molar-refractivity contribution is -0.0425. The second kappa shape index (κ2) is 4.27. The van der Waals surface area contributed by atoms with Crippen molar-refractivity contribution in [2.45, 2.75) is 10.4 Å². The highest BCUT2D eigenvalue weighted by atomic mass is 32.3. The van der Waals surface area contributed by atoms with Gasteiger partial charge in [0.2, 0.25) is 0 Å². The third kappa shape index (κ3) is 3.17. The highest BCUT2D eigenvalue weighted by Gasteiger charge is 2.40. The van der Waals surface area contributed by atoms with Crippen LogP contribution in [0.5, 0.6) is 0 Å². The molecule has 1 aromatic carbocycles. The summed E-state index contributed by atoms with van der Waals surface area (Å²) in [7, 11) is -11.0. The van der Waals surface area contributed by atoms with Gasteiger partial charge < -0.3 is 4.13 Å². The Morgan fingerprint density at radius 1 is 0.941 bits per heavy atom. The molecule has 0 radical (unpaired) electrons. The summed E-state index contributed by atoms with van der Waals surface area (Å²) in [6.07, 6.45) is 0. The van der Waals surface area contributed by atoms with E-state index < -0.39 is 30.5 Å². The molecule has 0 aliphatic rings. The fourth-order valence-corrected chi connectivity index (χ4v) is 3.02. The molecule has 96 valence electrons. The van der Waals surface area contributed by atoms with E-state index in [1.165, 1.54) is 18.2 Å². The van der Waals surface area contributed by atoms with Crippen molar-refractivity contribution in [2.24, 2.45) is 0 Å². The van der Waals surface area contributed by atoms with E-state index in [1.54, 1.807) is 0 Å². The lowest BCUT2D eigenvalue weighted by Crippen LogP contribution is -2.24. The van der Waals surface area contributed by atoms with Crippen LogP contribution in [0.3, 0.4) is 0 Å². The van der Waals surface area contributed by atoms with E-state index in [1.807, 2.05) is 4.13 Å². The second-order valence-corrected chi connectivity index (χ2v) is 6.21. The van der Waals surface area contributed by atoms with Crippen molar-refractivity contribution in [1.29, 1.82) is 0 Å². The summed E-state index contributed by atoms with van der Waals surface area (Å²) in [5, 5.41) is 0. The van der Waals surface area contributed by atoms with Crippen LogP contribution < -0.4 is 0 Å². The Balaban J connectivity index is 3.14. The molecular formula is C7H5F3NO4S2-. The third-order valence-corrected chi connectivity index (χ3v) is 4.55. The number of hydrogen-bond donors (Lipinski definition) is 0. The van der Waals surface area contributed by atoms with Gasteiger partial charge in [-0.25, -0.2) is 16.8 Å². The Morgan fingerprint density at radius 2 is 1.41 bits per heavy atom. The molecule has 5 nitrogen and oxygen atoms in total. The van der Waals surface area contributed by atoms with Crippen LogP contribution in [0.4, 0.5) is 13.2 Å². The Kier molecular flexibility index (Phi) is 3.50. The first-order chi connectivity index (χ1) is 7.56. The SMILES string of the molecule is O=S(=O)([N-]S(=O)(=O)C(F)(F)F)c1ccccc1. The molecule has 1 aromatic rings. The minimum atomic E-state index is -6.07. The van der Waals surface area contributed by atoms with Crippen molar-refractivity contribution in [2.75, 3.05) is 0 Å². The minimum Gasteiger partial charge on any atom is -0.424 e. The van der Waals surface area contributed by atoms with Crippen molar-refractivity contribution in [3.8, 4) is 0 Å². The smallest absolute Gasteiger partial charge is 0.424 e. The zero-order valence-electron chi connectivity index (χ0n) is 7.92. The maximum absolute atomic E-state index is 11.9. The molecule has 0 spiro atoms. The fourth-order valence-electron chi connectivity index (χ4n) is 0.807. The Bertz CT molecular complexity index is 592. The van der Waals surface area contributed by atoms with E-state index in [9.17, 15) is 30.0 Å². The summed E-state index contributed by atoms with van der Waals surface area (Å²) in [6, 6.07) is 5.73. The van der Waals surface area contributed by atoms with Gasteiger partial charge in [-0.05, 0) is 12.1 Å². The average molecular weight is 288 g/mol. The molecule has 0 aliphatic carbocycles. The van der Waals surface area contributed by atoms with Gasteiger partial charge in [-0.2, -0.15) is 13.2 Å². The van der Waals surface area contributed by atoms with Gasteiger partial charge in [0.1, 0.15) is 10.0 Å². The molecule has 0 amide bonds. The predicted molar refractivity (Wildman–Crippen MR) is 52.0 cm³/mol. The molecule has 0 N–H and O–H groups in total. The van der Waals surface area contributed by atoms with Gasteiger partial charge in [0.05, 0.1) is 0 Å². The minimum absolute atomic E-state index is 0.632. The highest BCUT2D eigenvalue weighted by molar-refractivity contribution is 8.12. The lowest BCUT2D eigenvalue weighted by Gasteiger charge is -2.21. The maximum Gasteiger partial charge on any atom is 0.480 e. The quantitative estimate of drug-likeness (QED) is 0.845. The summed E-state index contributed by atoms with van der Waals surface area (Å²) in [5.74, 6) is 0. The third-order valence-electron chi connectivity index (χ3n) is 1.53. The number of alkyl halides is 3. The maximum atomic E-state index is 11.9. The van der Waals surface area contributed by atoms with Gasteiger partial charge in [-0.3, -0.25) is 0 Å². The van der Waals surface area contributed by atoms with E-state index in [0.717, 1.165) is 12.1 Å².